The fourth-order valence-electron chi connectivity index (χ4n) is 1.91. The van der Waals surface area contributed by atoms with Gasteiger partial charge in [0.15, 0.2) is 0 Å². The van der Waals surface area contributed by atoms with E-state index in [2.05, 4.69) is 11.3 Å². The van der Waals surface area contributed by atoms with E-state index in [0.717, 1.165) is 12.8 Å². The third-order valence-electron chi connectivity index (χ3n) is 2.63. The standard InChI is InChI=1S/C10H19NO2S/c1-2-8-11-14(12,13)9-10-6-4-3-5-7-10/h2,10-11H,1,3-9H2. The average Bonchev–Trinajstić information content (AvgIpc) is 2.16. The lowest BCUT2D eigenvalue weighted by molar-refractivity contribution is 0.384. The van der Waals surface area contributed by atoms with Crippen LogP contribution in [0.4, 0.5) is 0 Å². The molecule has 0 aromatic heterocycles. The molecule has 82 valence electrons. The summed E-state index contributed by atoms with van der Waals surface area (Å²) in [6.07, 6.45) is 7.32. The van der Waals surface area contributed by atoms with Crippen molar-refractivity contribution < 1.29 is 8.42 Å². The summed E-state index contributed by atoms with van der Waals surface area (Å²) in [5.74, 6) is 0.659. The molecule has 0 amide bonds. The van der Waals surface area contributed by atoms with Crippen molar-refractivity contribution in [1.82, 2.24) is 4.72 Å². The van der Waals surface area contributed by atoms with E-state index in [0.29, 0.717) is 18.2 Å². The highest BCUT2D eigenvalue weighted by Gasteiger charge is 2.20. The van der Waals surface area contributed by atoms with E-state index >= 15 is 0 Å². The SMILES string of the molecule is C=CCNS(=O)(=O)CC1CCCCC1. The summed E-state index contributed by atoms with van der Waals surface area (Å²) in [6.45, 7) is 3.83. The summed E-state index contributed by atoms with van der Waals surface area (Å²) < 4.78 is 25.5. The average molecular weight is 217 g/mol. The molecule has 0 atom stereocenters. The van der Waals surface area contributed by atoms with E-state index in [1.54, 1.807) is 6.08 Å². The molecule has 1 aliphatic rings. The molecule has 1 fully saturated rings. The number of hydrogen-bond acceptors (Lipinski definition) is 2. The first-order chi connectivity index (χ1) is 6.64. The number of sulfonamides is 1. The van der Waals surface area contributed by atoms with Gasteiger partial charge in [0, 0.05) is 6.54 Å². The van der Waals surface area contributed by atoms with Crippen molar-refractivity contribution in [2.75, 3.05) is 12.3 Å². The first kappa shape index (κ1) is 11.7. The Morgan fingerprint density at radius 1 is 1.29 bits per heavy atom. The molecule has 0 saturated heterocycles. The first-order valence-electron chi connectivity index (χ1n) is 5.22. The van der Waals surface area contributed by atoms with Gasteiger partial charge in [-0.2, -0.15) is 0 Å². The van der Waals surface area contributed by atoms with Crippen LogP contribution < -0.4 is 4.72 Å². The van der Waals surface area contributed by atoms with Crippen molar-refractivity contribution in [2.24, 2.45) is 5.92 Å². The molecule has 0 spiro atoms. The maximum absolute atomic E-state index is 11.5. The lowest BCUT2D eigenvalue weighted by Crippen LogP contribution is -2.30. The zero-order valence-corrected chi connectivity index (χ0v) is 9.35. The quantitative estimate of drug-likeness (QED) is 0.712. The van der Waals surface area contributed by atoms with Crippen LogP contribution in [0.25, 0.3) is 0 Å². The molecule has 14 heavy (non-hydrogen) atoms. The van der Waals surface area contributed by atoms with Gasteiger partial charge in [-0.3, -0.25) is 0 Å². The maximum atomic E-state index is 11.5. The Balaban J connectivity index is 2.36. The second-order valence-electron chi connectivity index (χ2n) is 3.92. The molecule has 1 rings (SSSR count). The van der Waals surface area contributed by atoms with Crippen LogP contribution in [0.5, 0.6) is 0 Å². The molecule has 1 aliphatic carbocycles. The second kappa shape index (κ2) is 5.51. The van der Waals surface area contributed by atoms with Crippen molar-refractivity contribution in [2.45, 2.75) is 32.1 Å². The molecule has 0 heterocycles. The van der Waals surface area contributed by atoms with Crippen molar-refractivity contribution in [3.8, 4) is 0 Å². The third-order valence-corrected chi connectivity index (χ3v) is 4.14. The largest absolute Gasteiger partial charge is 0.212 e. The summed E-state index contributed by atoms with van der Waals surface area (Å²) in [5, 5.41) is 0. The maximum Gasteiger partial charge on any atom is 0.212 e. The number of nitrogens with one attached hydrogen (secondary N) is 1. The Labute approximate surface area is 86.6 Å². The smallest absolute Gasteiger partial charge is 0.212 e. The topological polar surface area (TPSA) is 46.2 Å². The first-order valence-corrected chi connectivity index (χ1v) is 6.87. The normalized spacial score (nSPS) is 19.4. The van der Waals surface area contributed by atoms with E-state index in [1.807, 2.05) is 0 Å². The van der Waals surface area contributed by atoms with E-state index in [9.17, 15) is 8.42 Å². The summed E-state index contributed by atoms with van der Waals surface area (Å²) in [6, 6.07) is 0. The lowest BCUT2D eigenvalue weighted by Gasteiger charge is -2.21. The van der Waals surface area contributed by atoms with E-state index in [-0.39, 0.29) is 0 Å². The van der Waals surface area contributed by atoms with Crippen LogP contribution in [0.15, 0.2) is 12.7 Å². The van der Waals surface area contributed by atoms with Gasteiger partial charge in [-0.05, 0) is 18.8 Å². The minimum absolute atomic E-state index is 0.292. The number of hydrogen-bond donors (Lipinski definition) is 1. The third kappa shape index (κ3) is 4.24. The van der Waals surface area contributed by atoms with Crippen LogP contribution in [-0.4, -0.2) is 20.7 Å². The van der Waals surface area contributed by atoms with Crippen LogP contribution in [0, 0.1) is 5.92 Å². The molecule has 0 aromatic rings. The molecule has 0 aromatic carbocycles. The van der Waals surface area contributed by atoms with Crippen molar-refractivity contribution >= 4 is 10.0 Å². The van der Waals surface area contributed by atoms with E-state index in [4.69, 9.17) is 0 Å². The molecule has 0 bridgehead atoms. The van der Waals surface area contributed by atoms with Crippen molar-refractivity contribution in [3.63, 3.8) is 0 Å². The van der Waals surface area contributed by atoms with Gasteiger partial charge in [0.1, 0.15) is 0 Å². The van der Waals surface area contributed by atoms with Crippen LogP contribution in [0.3, 0.4) is 0 Å². The highest BCUT2D eigenvalue weighted by atomic mass is 32.2. The molecule has 0 radical (unpaired) electrons. The predicted molar refractivity (Wildman–Crippen MR) is 58.6 cm³/mol. The Morgan fingerprint density at radius 3 is 2.50 bits per heavy atom. The molecule has 1 saturated carbocycles. The van der Waals surface area contributed by atoms with Crippen molar-refractivity contribution in [1.29, 1.82) is 0 Å². The van der Waals surface area contributed by atoms with Gasteiger partial charge >= 0.3 is 0 Å². The molecule has 3 nitrogen and oxygen atoms in total. The van der Waals surface area contributed by atoms with Crippen LogP contribution in [-0.2, 0) is 10.0 Å². The van der Waals surface area contributed by atoms with Crippen molar-refractivity contribution in [3.05, 3.63) is 12.7 Å². The van der Waals surface area contributed by atoms with Gasteiger partial charge in [0.2, 0.25) is 10.0 Å². The van der Waals surface area contributed by atoms with Gasteiger partial charge in [0.25, 0.3) is 0 Å². The summed E-state index contributed by atoms with van der Waals surface area (Å²) in [7, 11) is -3.06. The minimum Gasteiger partial charge on any atom is -0.212 e. The van der Waals surface area contributed by atoms with Gasteiger partial charge < -0.3 is 0 Å². The Hall–Kier alpha value is -0.350. The van der Waals surface area contributed by atoms with Crippen LogP contribution >= 0.6 is 0 Å². The highest BCUT2D eigenvalue weighted by Crippen LogP contribution is 2.24. The number of rotatable bonds is 5. The Morgan fingerprint density at radius 2 is 1.93 bits per heavy atom. The summed E-state index contributed by atoms with van der Waals surface area (Å²) in [4.78, 5) is 0. The van der Waals surface area contributed by atoms with Crippen LogP contribution in [0.1, 0.15) is 32.1 Å². The monoisotopic (exact) mass is 217 g/mol. The molecule has 0 unspecified atom stereocenters. The van der Waals surface area contributed by atoms with Crippen LogP contribution in [0.2, 0.25) is 0 Å². The lowest BCUT2D eigenvalue weighted by atomic mass is 9.91. The molecule has 1 N–H and O–H groups in total. The molecule has 4 heteroatoms. The fraction of sp³-hybridized carbons (Fsp3) is 0.800. The van der Waals surface area contributed by atoms with Gasteiger partial charge in [0.05, 0.1) is 5.75 Å². The minimum atomic E-state index is -3.06. The van der Waals surface area contributed by atoms with Gasteiger partial charge in [-0.15, -0.1) is 6.58 Å². The second-order valence-corrected chi connectivity index (χ2v) is 5.77. The highest BCUT2D eigenvalue weighted by molar-refractivity contribution is 7.89. The molecule has 0 aliphatic heterocycles. The van der Waals surface area contributed by atoms with E-state index in [1.165, 1.54) is 19.3 Å². The Kier molecular flexibility index (Phi) is 4.62. The predicted octanol–water partition coefficient (Wildman–Crippen LogP) is 1.67. The van der Waals surface area contributed by atoms with Gasteiger partial charge in [-0.25, -0.2) is 13.1 Å². The summed E-state index contributed by atoms with van der Waals surface area (Å²) in [5.41, 5.74) is 0. The zero-order valence-electron chi connectivity index (χ0n) is 8.54. The zero-order chi connectivity index (χ0) is 10.4. The Bertz CT molecular complexity index is 266. The molecular formula is C10H19NO2S. The fourth-order valence-corrected chi connectivity index (χ4v) is 3.35. The van der Waals surface area contributed by atoms with E-state index < -0.39 is 10.0 Å². The molecular weight excluding hydrogens is 198 g/mol. The summed E-state index contributed by atoms with van der Waals surface area (Å²) >= 11 is 0. The van der Waals surface area contributed by atoms with Gasteiger partial charge in [-0.1, -0.05) is 25.3 Å².